The molecule has 0 aromatic heterocycles. The Labute approximate surface area is 165 Å². The van der Waals surface area contributed by atoms with Gasteiger partial charge >= 0.3 is 0 Å². The van der Waals surface area contributed by atoms with Crippen LogP contribution in [0.5, 0.6) is 0 Å². The largest absolute Gasteiger partial charge is 0.301 e. The summed E-state index contributed by atoms with van der Waals surface area (Å²) in [5.74, 6) is 0.852. The summed E-state index contributed by atoms with van der Waals surface area (Å²) in [6, 6.07) is 22.7. The van der Waals surface area contributed by atoms with Gasteiger partial charge in [-0.1, -0.05) is 74.5 Å². The van der Waals surface area contributed by atoms with Crippen LogP contribution in [-0.4, -0.2) is 42.0 Å². The van der Waals surface area contributed by atoms with Crippen LogP contribution < -0.4 is 0 Å². The van der Waals surface area contributed by atoms with Gasteiger partial charge in [-0.25, -0.2) is 0 Å². The molecular weight excluding hydrogens is 328 g/mol. The second kappa shape index (κ2) is 8.16. The van der Waals surface area contributed by atoms with Gasteiger partial charge in [-0.2, -0.15) is 0 Å². The molecule has 0 spiro atoms. The summed E-state index contributed by atoms with van der Waals surface area (Å²) in [5.41, 5.74) is 3.33. The molecule has 2 nitrogen and oxygen atoms in total. The fraction of sp³-hybridized carbons (Fsp3) is 0.520. The molecule has 0 bridgehead atoms. The van der Waals surface area contributed by atoms with Crippen LogP contribution in [0, 0.1) is 11.3 Å². The topological polar surface area (TPSA) is 6.48 Å². The smallest absolute Gasteiger partial charge is 0.0255 e. The fourth-order valence-corrected chi connectivity index (χ4v) is 5.32. The third-order valence-corrected chi connectivity index (χ3v) is 6.50. The van der Waals surface area contributed by atoms with Crippen LogP contribution in [0.4, 0.5) is 0 Å². The van der Waals surface area contributed by atoms with E-state index < -0.39 is 0 Å². The summed E-state index contributed by atoms with van der Waals surface area (Å²) in [4.78, 5) is 5.51. The molecule has 144 valence electrons. The lowest BCUT2D eigenvalue weighted by atomic mass is 9.81. The predicted octanol–water partition coefficient (Wildman–Crippen LogP) is 4.85. The zero-order chi connectivity index (χ0) is 18.7. The first-order valence-electron chi connectivity index (χ1n) is 10.6. The molecule has 0 N–H and O–H groups in total. The van der Waals surface area contributed by atoms with E-state index in [1.165, 1.54) is 50.1 Å². The zero-order valence-electron chi connectivity index (χ0n) is 17.0. The molecule has 0 radical (unpaired) electrons. The minimum Gasteiger partial charge on any atom is -0.301 e. The van der Waals surface area contributed by atoms with E-state index >= 15 is 0 Å². The van der Waals surface area contributed by atoms with Gasteiger partial charge in [0.25, 0.3) is 0 Å². The van der Waals surface area contributed by atoms with E-state index in [9.17, 15) is 0 Å². The normalized spacial score (nSPS) is 25.9. The van der Waals surface area contributed by atoms with Crippen molar-refractivity contribution in [1.29, 1.82) is 0 Å². The van der Waals surface area contributed by atoms with Crippen LogP contribution in [0.2, 0.25) is 0 Å². The molecule has 27 heavy (non-hydrogen) atoms. The molecule has 2 saturated heterocycles. The summed E-state index contributed by atoms with van der Waals surface area (Å²) in [6.07, 6.45) is 3.89. The quantitative estimate of drug-likeness (QED) is 0.750. The Hall–Kier alpha value is -1.64. The monoisotopic (exact) mass is 362 g/mol. The van der Waals surface area contributed by atoms with E-state index in [2.05, 4.69) is 84.3 Å². The molecule has 2 aromatic rings. The summed E-state index contributed by atoms with van der Waals surface area (Å²) < 4.78 is 0. The highest BCUT2D eigenvalue weighted by atomic mass is 15.2. The Morgan fingerprint density at radius 3 is 2.30 bits per heavy atom. The first-order valence-corrected chi connectivity index (χ1v) is 10.6. The molecular formula is C25H34N2. The number of fused-ring (bicyclic) bond motifs is 1. The summed E-state index contributed by atoms with van der Waals surface area (Å²) in [6.45, 7) is 11.0. The van der Waals surface area contributed by atoms with Gasteiger partial charge in [-0.05, 0) is 48.3 Å². The van der Waals surface area contributed by atoms with Crippen molar-refractivity contribution in [2.45, 2.75) is 45.7 Å². The molecule has 0 aliphatic carbocycles. The SMILES string of the molecule is CC1(C)C[C@@H]2CCN(Cc3ccccc3)[C@@H]2CN(CCc2ccccc2)C1. The van der Waals surface area contributed by atoms with E-state index in [1.54, 1.807) is 0 Å². The molecule has 2 fully saturated rings. The maximum absolute atomic E-state index is 2.76. The number of nitrogens with zero attached hydrogens (tertiary/aromatic N) is 2. The lowest BCUT2D eigenvalue weighted by Crippen LogP contribution is -2.42. The number of likely N-dealkylation sites (tertiary alicyclic amines) is 2. The van der Waals surface area contributed by atoms with E-state index in [0.29, 0.717) is 11.5 Å². The predicted molar refractivity (Wildman–Crippen MR) is 114 cm³/mol. The minimum atomic E-state index is 0.416. The third kappa shape index (κ3) is 4.80. The molecule has 2 aliphatic heterocycles. The van der Waals surface area contributed by atoms with Crippen molar-refractivity contribution in [3.05, 3.63) is 71.8 Å². The van der Waals surface area contributed by atoms with E-state index in [1.807, 2.05) is 0 Å². The highest BCUT2D eigenvalue weighted by Crippen LogP contribution is 2.39. The van der Waals surface area contributed by atoms with Gasteiger partial charge in [0.2, 0.25) is 0 Å². The summed E-state index contributed by atoms with van der Waals surface area (Å²) >= 11 is 0. The van der Waals surface area contributed by atoms with Crippen molar-refractivity contribution in [1.82, 2.24) is 9.80 Å². The Balaban J connectivity index is 1.45. The second-order valence-corrected chi connectivity index (χ2v) is 9.41. The molecule has 0 unspecified atom stereocenters. The van der Waals surface area contributed by atoms with Crippen molar-refractivity contribution in [2.24, 2.45) is 11.3 Å². The molecule has 2 atom stereocenters. The van der Waals surface area contributed by atoms with Crippen LogP contribution in [0.15, 0.2) is 60.7 Å². The second-order valence-electron chi connectivity index (χ2n) is 9.41. The Kier molecular flexibility index (Phi) is 5.66. The van der Waals surface area contributed by atoms with Crippen molar-refractivity contribution in [3.8, 4) is 0 Å². The Morgan fingerprint density at radius 1 is 0.926 bits per heavy atom. The van der Waals surface area contributed by atoms with E-state index in [-0.39, 0.29) is 0 Å². The summed E-state index contributed by atoms with van der Waals surface area (Å²) in [7, 11) is 0. The van der Waals surface area contributed by atoms with E-state index in [0.717, 1.165) is 18.9 Å². The Morgan fingerprint density at radius 2 is 1.59 bits per heavy atom. The number of benzene rings is 2. The molecule has 0 amide bonds. The van der Waals surface area contributed by atoms with Gasteiger partial charge in [0.1, 0.15) is 0 Å². The van der Waals surface area contributed by atoms with Crippen LogP contribution in [0.25, 0.3) is 0 Å². The lowest BCUT2D eigenvalue weighted by Gasteiger charge is -2.32. The molecule has 2 heteroatoms. The van der Waals surface area contributed by atoms with Gasteiger partial charge in [-0.3, -0.25) is 4.90 Å². The van der Waals surface area contributed by atoms with Crippen molar-refractivity contribution in [2.75, 3.05) is 26.2 Å². The van der Waals surface area contributed by atoms with Gasteiger partial charge in [-0.15, -0.1) is 0 Å². The van der Waals surface area contributed by atoms with Crippen LogP contribution in [0.3, 0.4) is 0 Å². The van der Waals surface area contributed by atoms with Crippen molar-refractivity contribution in [3.63, 3.8) is 0 Å². The average Bonchev–Trinajstić information content (AvgIpc) is 2.95. The minimum absolute atomic E-state index is 0.416. The molecule has 0 saturated carbocycles. The van der Waals surface area contributed by atoms with Gasteiger partial charge in [0, 0.05) is 32.2 Å². The first-order chi connectivity index (χ1) is 13.1. The van der Waals surface area contributed by atoms with Crippen LogP contribution in [-0.2, 0) is 13.0 Å². The molecule has 2 aliphatic rings. The highest BCUT2D eigenvalue weighted by Gasteiger charge is 2.41. The number of rotatable bonds is 5. The third-order valence-electron chi connectivity index (χ3n) is 6.50. The molecule has 2 aromatic carbocycles. The standard InChI is InChI=1S/C25H34N2/c1-25(2)17-23-14-16-27(18-22-11-7-4-8-12-22)24(23)19-26(20-25)15-13-21-9-5-3-6-10-21/h3-12,23-24H,13-20H2,1-2H3/t23-,24+/m0/s1. The lowest BCUT2D eigenvalue weighted by molar-refractivity contribution is 0.154. The van der Waals surface area contributed by atoms with Gasteiger partial charge in [0.05, 0.1) is 0 Å². The van der Waals surface area contributed by atoms with Gasteiger partial charge in [0.15, 0.2) is 0 Å². The van der Waals surface area contributed by atoms with E-state index in [4.69, 9.17) is 0 Å². The Bertz CT molecular complexity index is 710. The zero-order valence-corrected chi connectivity index (χ0v) is 17.0. The summed E-state index contributed by atoms with van der Waals surface area (Å²) in [5, 5.41) is 0. The van der Waals surface area contributed by atoms with Crippen molar-refractivity contribution >= 4 is 0 Å². The number of hydrogen-bond donors (Lipinski definition) is 0. The maximum atomic E-state index is 2.76. The fourth-order valence-electron chi connectivity index (χ4n) is 5.32. The van der Waals surface area contributed by atoms with Crippen LogP contribution >= 0.6 is 0 Å². The molecule has 4 rings (SSSR count). The van der Waals surface area contributed by atoms with Crippen LogP contribution in [0.1, 0.15) is 37.8 Å². The van der Waals surface area contributed by atoms with Gasteiger partial charge < -0.3 is 4.90 Å². The molecule has 2 heterocycles. The maximum Gasteiger partial charge on any atom is 0.0255 e. The first kappa shape index (κ1) is 18.7. The highest BCUT2D eigenvalue weighted by molar-refractivity contribution is 5.16. The van der Waals surface area contributed by atoms with Crippen molar-refractivity contribution < 1.29 is 0 Å². The number of hydrogen-bond acceptors (Lipinski definition) is 2. The average molecular weight is 363 g/mol.